The van der Waals surface area contributed by atoms with E-state index in [4.69, 9.17) is 0 Å². The summed E-state index contributed by atoms with van der Waals surface area (Å²) in [4.78, 5) is 0. The van der Waals surface area contributed by atoms with Gasteiger partial charge in [0.15, 0.2) is 0 Å². The molecule has 0 aromatic heterocycles. The summed E-state index contributed by atoms with van der Waals surface area (Å²) >= 11 is 0. The number of hydrogen-bond acceptors (Lipinski definition) is 0. The highest BCUT2D eigenvalue weighted by atomic mass is 14.1. The van der Waals surface area contributed by atoms with Crippen LogP contribution < -0.4 is 0 Å². The van der Waals surface area contributed by atoms with Gasteiger partial charge in [-0.1, -0.05) is 36.4 Å². The van der Waals surface area contributed by atoms with Gasteiger partial charge in [-0.2, -0.15) is 0 Å². The summed E-state index contributed by atoms with van der Waals surface area (Å²) in [7, 11) is 0. The van der Waals surface area contributed by atoms with Crippen LogP contribution in [0.2, 0.25) is 0 Å². The minimum atomic E-state index is 1.19. The van der Waals surface area contributed by atoms with Gasteiger partial charge < -0.3 is 0 Å². The molecule has 0 unspecified atom stereocenters. The fourth-order valence-corrected chi connectivity index (χ4v) is 1.92. The van der Waals surface area contributed by atoms with Gasteiger partial charge in [-0.3, -0.25) is 0 Å². The number of benzene rings is 2. The summed E-state index contributed by atoms with van der Waals surface area (Å²) in [6.07, 6.45) is 3.52. The Balaban J connectivity index is 2.38. The molecule has 0 nitrogen and oxygen atoms in total. The minimum absolute atomic E-state index is 1.19. The van der Waals surface area contributed by atoms with Crippen LogP contribution in [0.25, 0.3) is 0 Å². The highest BCUT2D eigenvalue weighted by Gasteiger charge is 2.06. The Labute approximate surface area is 104 Å². The van der Waals surface area contributed by atoms with Crippen LogP contribution in [0.1, 0.15) is 33.4 Å². The molecule has 2 radical (unpaired) electrons. The Hall–Kier alpha value is -1.56. The molecule has 86 valence electrons. The second-order valence-electron chi connectivity index (χ2n) is 4.62. The third-order valence-corrected chi connectivity index (χ3v) is 3.48. The summed E-state index contributed by atoms with van der Waals surface area (Å²) in [5.41, 5.74) is 7.65. The Morgan fingerprint density at radius 1 is 0.647 bits per heavy atom. The van der Waals surface area contributed by atoms with Gasteiger partial charge in [-0.15, -0.1) is 0 Å². The molecule has 0 saturated heterocycles. The van der Waals surface area contributed by atoms with E-state index in [0.29, 0.717) is 0 Å². The van der Waals surface area contributed by atoms with Gasteiger partial charge in [0.25, 0.3) is 0 Å². The van der Waals surface area contributed by atoms with E-state index < -0.39 is 0 Å². The molecule has 0 amide bonds. The maximum absolute atomic E-state index is 3.52. The molecular weight excluding hydrogens is 204 g/mol. The van der Waals surface area contributed by atoms with Crippen molar-refractivity contribution < 1.29 is 0 Å². The average molecular weight is 222 g/mol. The molecule has 0 saturated carbocycles. The first-order valence-corrected chi connectivity index (χ1v) is 5.99. The van der Waals surface area contributed by atoms with Gasteiger partial charge in [0, 0.05) is 0 Å². The second kappa shape index (κ2) is 4.75. The lowest BCUT2D eigenvalue weighted by molar-refractivity contribution is 1.24. The maximum atomic E-state index is 3.52. The first kappa shape index (κ1) is 11.9. The topological polar surface area (TPSA) is 0 Å². The maximum Gasteiger partial charge on any atom is 0.0507 e. The molecule has 0 fully saturated rings. The van der Waals surface area contributed by atoms with E-state index in [1.807, 2.05) is 0 Å². The van der Waals surface area contributed by atoms with Gasteiger partial charge >= 0.3 is 0 Å². The van der Waals surface area contributed by atoms with Crippen molar-refractivity contribution in [1.82, 2.24) is 0 Å². The van der Waals surface area contributed by atoms with Crippen LogP contribution in [0.5, 0.6) is 0 Å². The van der Waals surface area contributed by atoms with E-state index in [1.165, 1.54) is 33.4 Å². The summed E-state index contributed by atoms with van der Waals surface area (Å²) in [5.74, 6) is 0. The largest absolute Gasteiger partial charge is 0.0617 e. The van der Waals surface area contributed by atoms with E-state index in [9.17, 15) is 0 Å². The Morgan fingerprint density at radius 2 is 1.06 bits per heavy atom. The summed E-state index contributed by atoms with van der Waals surface area (Å²) in [6, 6.07) is 12.7. The molecule has 0 spiro atoms. The van der Waals surface area contributed by atoms with Crippen LogP contribution in [0, 0.1) is 34.1 Å². The molecule has 0 atom stereocenters. The lowest BCUT2D eigenvalue weighted by Crippen LogP contribution is -1.95. The predicted molar refractivity (Wildman–Crippen MR) is 73.3 cm³/mol. The molecule has 2 aromatic rings. The summed E-state index contributed by atoms with van der Waals surface area (Å²) in [6.45, 7) is 8.60. The number of aryl methyl sites for hydroxylation is 2. The van der Waals surface area contributed by atoms with E-state index in [0.717, 1.165) is 0 Å². The molecule has 2 aromatic carbocycles. The highest BCUT2D eigenvalue weighted by Crippen LogP contribution is 2.22. The van der Waals surface area contributed by atoms with Gasteiger partial charge in [0.2, 0.25) is 0 Å². The van der Waals surface area contributed by atoms with Crippen molar-refractivity contribution in [3.8, 4) is 0 Å². The van der Waals surface area contributed by atoms with Crippen LogP contribution in [-0.4, -0.2) is 0 Å². The van der Waals surface area contributed by atoms with Crippen molar-refractivity contribution in [3.63, 3.8) is 0 Å². The van der Waals surface area contributed by atoms with Crippen LogP contribution >= 0.6 is 0 Å². The predicted octanol–water partition coefficient (Wildman–Crippen LogP) is 4.40. The fraction of sp³-hybridized carbons (Fsp3) is 0.235. The van der Waals surface area contributed by atoms with Crippen molar-refractivity contribution in [2.45, 2.75) is 27.7 Å². The Bertz CT molecular complexity index is 486. The molecule has 0 aliphatic rings. The van der Waals surface area contributed by atoms with Crippen LogP contribution in [0.3, 0.4) is 0 Å². The molecule has 0 N–H and O–H groups in total. The zero-order valence-corrected chi connectivity index (χ0v) is 11.0. The van der Waals surface area contributed by atoms with Crippen molar-refractivity contribution in [3.05, 3.63) is 76.2 Å². The van der Waals surface area contributed by atoms with E-state index in [2.05, 4.69) is 70.5 Å². The molecule has 0 bridgehead atoms. The van der Waals surface area contributed by atoms with E-state index in [1.54, 1.807) is 0 Å². The lowest BCUT2D eigenvalue weighted by atomic mass is 9.93. The molecule has 17 heavy (non-hydrogen) atoms. The second-order valence-corrected chi connectivity index (χ2v) is 4.62. The lowest BCUT2D eigenvalue weighted by Gasteiger charge is -2.11. The highest BCUT2D eigenvalue weighted by molar-refractivity contribution is 5.48. The van der Waals surface area contributed by atoms with Gasteiger partial charge in [-0.05, 0) is 61.1 Å². The van der Waals surface area contributed by atoms with E-state index in [-0.39, 0.29) is 0 Å². The summed E-state index contributed by atoms with van der Waals surface area (Å²) < 4.78 is 0. The standard InChI is InChI=1S/C17H18/c1-12-7-5-9-16(14(12)3)11-17-10-6-8-13(2)15(17)4/h5-10H,1-4H3. The minimum Gasteiger partial charge on any atom is -0.0617 e. The van der Waals surface area contributed by atoms with Crippen LogP contribution in [-0.2, 0) is 0 Å². The fourth-order valence-electron chi connectivity index (χ4n) is 1.92. The molecule has 0 aliphatic heterocycles. The van der Waals surface area contributed by atoms with Crippen molar-refractivity contribution >= 4 is 0 Å². The Morgan fingerprint density at radius 3 is 1.47 bits per heavy atom. The average Bonchev–Trinajstić information content (AvgIpc) is 2.31. The van der Waals surface area contributed by atoms with E-state index >= 15 is 0 Å². The smallest absolute Gasteiger partial charge is 0.0507 e. The Kier molecular flexibility index (Phi) is 3.33. The third kappa shape index (κ3) is 2.41. The molecule has 0 aliphatic carbocycles. The van der Waals surface area contributed by atoms with Gasteiger partial charge in [0.1, 0.15) is 0 Å². The summed E-state index contributed by atoms with van der Waals surface area (Å²) in [5, 5.41) is 0. The van der Waals surface area contributed by atoms with Crippen molar-refractivity contribution in [2.75, 3.05) is 0 Å². The zero-order valence-electron chi connectivity index (χ0n) is 11.0. The third-order valence-electron chi connectivity index (χ3n) is 3.48. The molecule has 2 rings (SSSR count). The molecular formula is C17H18. The number of hydrogen-bond donors (Lipinski definition) is 0. The first-order chi connectivity index (χ1) is 8.09. The SMILES string of the molecule is Cc1cccc([C]c2cccc(C)c2C)c1C. The quantitative estimate of drug-likeness (QED) is 0.706. The number of rotatable bonds is 2. The monoisotopic (exact) mass is 222 g/mol. The zero-order chi connectivity index (χ0) is 12.4. The van der Waals surface area contributed by atoms with Gasteiger partial charge in [0.05, 0.1) is 6.42 Å². The molecule has 0 heterocycles. The molecule has 0 heteroatoms. The van der Waals surface area contributed by atoms with Crippen molar-refractivity contribution in [2.24, 2.45) is 0 Å². The van der Waals surface area contributed by atoms with Crippen LogP contribution in [0.4, 0.5) is 0 Å². The normalized spacial score (nSPS) is 10.6. The van der Waals surface area contributed by atoms with Crippen LogP contribution in [0.15, 0.2) is 36.4 Å². The first-order valence-electron chi connectivity index (χ1n) is 5.99. The van der Waals surface area contributed by atoms with Gasteiger partial charge in [-0.25, -0.2) is 0 Å². The van der Waals surface area contributed by atoms with Crippen molar-refractivity contribution in [1.29, 1.82) is 0 Å².